The molecule has 0 aliphatic carbocycles. The van der Waals surface area contributed by atoms with E-state index in [1.807, 2.05) is 48.7 Å². The van der Waals surface area contributed by atoms with Crippen molar-refractivity contribution >= 4 is 29.3 Å². The molecular formula is C28H23N5O4. The van der Waals surface area contributed by atoms with Crippen molar-refractivity contribution in [3.05, 3.63) is 83.1 Å². The standard InChI is InChI=1S/C28H23N5O4/c1-36-19-6-5-18-13-33(26(34)20(18)10-19)15-28(14-30-27(35)32-28)25-11-22-24(37-25)8-7-21(31-22)16-3-2-4-17(9-16)23-12-29-23/h2-12,23H,13-15H2,1H3,(H2,30,32,35)/t23?,28-/m0/s1. The third-order valence-electron chi connectivity index (χ3n) is 7.23. The molecule has 9 nitrogen and oxygen atoms in total. The summed E-state index contributed by atoms with van der Waals surface area (Å²) in [7, 11) is 1.58. The number of methoxy groups -OCH3 is 1. The topological polar surface area (TPSA) is 109 Å². The number of rotatable bonds is 6. The Bertz CT molecular complexity index is 1620. The highest BCUT2D eigenvalue weighted by molar-refractivity contribution is 5.99. The number of fused-ring (bicyclic) bond motifs is 2. The third-order valence-corrected chi connectivity index (χ3v) is 7.23. The number of furan rings is 1. The molecule has 0 saturated carbocycles. The van der Waals surface area contributed by atoms with Gasteiger partial charge < -0.3 is 24.7 Å². The zero-order valence-electron chi connectivity index (χ0n) is 20.0. The second kappa shape index (κ2) is 7.92. The molecule has 0 spiro atoms. The number of ether oxygens (including phenoxy) is 1. The normalized spacial score (nSPS) is 21.8. The first-order chi connectivity index (χ1) is 18.0. The summed E-state index contributed by atoms with van der Waals surface area (Å²) in [6.07, 6.45) is 1.92. The highest BCUT2D eigenvalue weighted by Gasteiger charge is 2.46. The Morgan fingerprint density at radius 1 is 1.14 bits per heavy atom. The van der Waals surface area contributed by atoms with Crippen molar-refractivity contribution in [2.45, 2.75) is 18.1 Å². The van der Waals surface area contributed by atoms with Crippen LogP contribution >= 0.6 is 0 Å². The van der Waals surface area contributed by atoms with Crippen LogP contribution in [0.1, 0.15) is 33.3 Å². The smallest absolute Gasteiger partial charge is 0.315 e. The molecule has 3 aliphatic rings. The Morgan fingerprint density at radius 2 is 2.03 bits per heavy atom. The van der Waals surface area contributed by atoms with E-state index in [9.17, 15) is 9.59 Å². The summed E-state index contributed by atoms with van der Waals surface area (Å²) >= 11 is 0. The van der Waals surface area contributed by atoms with Gasteiger partial charge in [-0.15, -0.1) is 0 Å². The van der Waals surface area contributed by atoms with Crippen LogP contribution in [-0.4, -0.2) is 48.2 Å². The van der Waals surface area contributed by atoms with Gasteiger partial charge in [0.2, 0.25) is 0 Å². The van der Waals surface area contributed by atoms with Crippen LogP contribution in [0.5, 0.6) is 5.75 Å². The van der Waals surface area contributed by atoms with E-state index in [1.54, 1.807) is 18.1 Å². The van der Waals surface area contributed by atoms with E-state index in [-0.39, 0.29) is 31.1 Å². The first-order valence-corrected chi connectivity index (χ1v) is 12.1. The molecule has 9 heteroatoms. The number of carbonyl (C=O) groups is 2. The van der Waals surface area contributed by atoms with Crippen molar-refractivity contribution < 1.29 is 18.7 Å². The molecule has 2 atom stereocenters. The van der Waals surface area contributed by atoms with E-state index < -0.39 is 5.54 Å². The maximum atomic E-state index is 13.2. The number of hydrogen-bond donors (Lipinski definition) is 2. The third kappa shape index (κ3) is 3.62. The van der Waals surface area contributed by atoms with Crippen molar-refractivity contribution in [1.82, 2.24) is 20.5 Å². The van der Waals surface area contributed by atoms with E-state index in [0.29, 0.717) is 34.7 Å². The Kier molecular flexibility index (Phi) is 4.63. The molecule has 3 amide bonds. The van der Waals surface area contributed by atoms with Crippen LogP contribution in [0.2, 0.25) is 0 Å². The van der Waals surface area contributed by atoms with Gasteiger partial charge in [-0.2, -0.15) is 0 Å². The van der Waals surface area contributed by atoms with Gasteiger partial charge in [0.05, 0.1) is 25.9 Å². The number of urea groups is 1. The van der Waals surface area contributed by atoms with Crippen molar-refractivity contribution in [2.75, 3.05) is 20.2 Å². The molecule has 1 fully saturated rings. The molecule has 184 valence electrons. The number of pyridine rings is 1. The number of amides is 3. The van der Waals surface area contributed by atoms with Gasteiger partial charge in [-0.3, -0.25) is 9.79 Å². The first kappa shape index (κ1) is 21.6. The molecule has 0 bridgehead atoms. The Hall–Kier alpha value is -4.66. The van der Waals surface area contributed by atoms with Crippen LogP contribution < -0.4 is 15.4 Å². The molecule has 2 aromatic heterocycles. The highest BCUT2D eigenvalue weighted by atomic mass is 16.5. The molecule has 4 aromatic rings. The lowest BCUT2D eigenvalue weighted by molar-refractivity contribution is 0.0722. The summed E-state index contributed by atoms with van der Waals surface area (Å²) < 4.78 is 11.5. The summed E-state index contributed by atoms with van der Waals surface area (Å²) in [6, 6.07) is 19.2. The number of hydrogen-bond acceptors (Lipinski definition) is 6. The number of nitrogens with one attached hydrogen (secondary N) is 2. The van der Waals surface area contributed by atoms with Crippen molar-refractivity contribution in [1.29, 1.82) is 0 Å². The van der Waals surface area contributed by atoms with Crippen LogP contribution in [0, 0.1) is 0 Å². The maximum Gasteiger partial charge on any atom is 0.315 e. The van der Waals surface area contributed by atoms with Gasteiger partial charge in [0.1, 0.15) is 28.6 Å². The molecule has 1 unspecified atom stereocenters. The lowest BCUT2D eigenvalue weighted by Crippen LogP contribution is -2.50. The number of carbonyl (C=O) groups excluding carboxylic acids is 2. The quantitative estimate of drug-likeness (QED) is 0.425. The van der Waals surface area contributed by atoms with Crippen LogP contribution in [0.3, 0.4) is 0 Å². The molecular weight excluding hydrogens is 470 g/mol. The fourth-order valence-electron chi connectivity index (χ4n) is 5.20. The van der Waals surface area contributed by atoms with Gasteiger partial charge in [0.15, 0.2) is 5.58 Å². The second-order valence-corrected chi connectivity index (χ2v) is 9.63. The molecule has 2 aromatic carbocycles. The average molecular weight is 494 g/mol. The molecule has 5 heterocycles. The van der Waals surface area contributed by atoms with E-state index in [4.69, 9.17) is 14.1 Å². The zero-order chi connectivity index (χ0) is 25.1. The van der Waals surface area contributed by atoms with Crippen LogP contribution in [0.25, 0.3) is 22.4 Å². The number of aliphatic imine (C=N–C) groups is 1. The largest absolute Gasteiger partial charge is 0.497 e. The monoisotopic (exact) mass is 493 g/mol. The van der Waals surface area contributed by atoms with E-state index >= 15 is 0 Å². The maximum absolute atomic E-state index is 13.2. The summed E-state index contributed by atoms with van der Waals surface area (Å²) in [5.74, 6) is 1.08. The molecule has 3 aliphatic heterocycles. The van der Waals surface area contributed by atoms with Crippen LogP contribution in [0.4, 0.5) is 4.79 Å². The summed E-state index contributed by atoms with van der Waals surface area (Å²) in [5, 5.41) is 5.85. The molecule has 0 radical (unpaired) electrons. The minimum atomic E-state index is -0.928. The molecule has 1 saturated heterocycles. The summed E-state index contributed by atoms with van der Waals surface area (Å²) in [5.41, 5.74) is 4.87. The predicted molar refractivity (Wildman–Crippen MR) is 137 cm³/mol. The minimum Gasteiger partial charge on any atom is -0.497 e. The van der Waals surface area contributed by atoms with E-state index in [2.05, 4.69) is 27.8 Å². The van der Waals surface area contributed by atoms with Crippen molar-refractivity contribution in [2.24, 2.45) is 4.99 Å². The summed E-state index contributed by atoms with van der Waals surface area (Å²) in [6.45, 7) is 0.975. The van der Waals surface area contributed by atoms with Gasteiger partial charge in [0, 0.05) is 30.0 Å². The first-order valence-electron chi connectivity index (χ1n) is 12.1. The Balaban J connectivity index is 1.22. The lowest BCUT2D eigenvalue weighted by atomic mass is 9.96. The lowest BCUT2D eigenvalue weighted by Gasteiger charge is -2.30. The van der Waals surface area contributed by atoms with Crippen LogP contribution in [0.15, 0.2) is 70.1 Å². The number of benzene rings is 2. The number of nitrogens with zero attached hydrogens (tertiary/aromatic N) is 3. The fourth-order valence-corrected chi connectivity index (χ4v) is 5.20. The van der Waals surface area contributed by atoms with Gasteiger partial charge in [-0.25, -0.2) is 9.78 Å². The fraction of sp³-hybridized carbons (Fsp3) is 0.214. The van der Waals surface area contributed by atoms with E-state index in [0.717, 1.165) is 22.4 Å². The minimum absolute atomic E-state index is 0.106. The SMILES string of the molecule is COc1ccc2c(c1)C(=O)N(C[C@]1(c3cc4nc(-c5cccc(C6C=N6)c5)ccc4o3)CNC(=O)N1)C2. The van der Waals surface area contributed by atoms with Crippen molar-refractivity contribution in [3.63, 3.8) is 0 Å². The van der Waals surface area contributed by atoms with Crippen molar-refractivity contribution in [3.8, 4) is 17.0 Å². The zero-order valence-corrected chi connectivity index (χ0v) is 20.0. The predicted octanol–water partition coefficient (Wildman–Crippen LogP) is 3.79. The highest BCUT2D eigenvalue weighted by Crippen LogP contribution is 2.35. The average Bonchev–Trinajstić information content (AvgIpc) is 3.47. The molecule has 37 heavy (non-hydrogen) atoms. The Morgan fingerprint density at radius 3 is 2.81 bits per heavy atom. The van der Waals surface area contributed by atoms with Gasteiger partial charge in [-0.05, 0) is 41.5 Å². The van der Waals surface area contributed by atoms with Crippen LogP contribution in [-0.2, 0) is 12.1 Å². The van der Waals surface area contributed by atoms with Gasteiger partial charge >= 0.3 is 6.03 Å². The number of aromatic nitrogens is 1. The van der Waals surface area contributed by atoms with E-state index in [1.165, 1.54) is 0 Å². The van der Waals surface area contributed by atoms with Gasteiger partial charge in [-0.1, -0.05) is 24.3 Å². The summed E-state index contributed by atoms with van der Waals surface area (Å²) in [4.78, 5) is 36.4. The Labute approximate surface area is 212 Å². The molecule has 2 N–H and O–H groups in total. The second-order valence-electron chi connectivity index (χ2n) is 9.63. The molecule has 7 rings (SSSR count). The van der Waals surface area contributed by atoms with Gasteiger partial charge in [0.25, 0.3) is 5.91 Å².